The first-order valence-corrected chi connectivity index (χ1v) is 7.38. The molecule has 0 unspecified atom stereocenters. The number of ether oxygens (including phenoxy) is 1. The summed E-state index contributed by atoms with van der Waals surface area (Å²) in [6.45, 7) is 0.461. The smallest absolute Gasteiger partial charge is 0.260 e. The number of hydrogen-bond donors (Lipinski definition) is 1. The molecule has 2 rings (SSSR count). The fraction of sp³-hybridized carbons (Fsp3) is 0.222. The van der Waals surface area contributed by atoms with Crippen LogP contribution in [0.4, 0.5) is 0 Å². The number of nitrogens with zero attached hydrogens (tertiary/aromatic N) is 1. The van der Waals surface area contributed by atoms with E-state index in [1.54, 1.807) is 7.11 Å². The number of amides is 1. The summed E-state index contributed by atoms with van der Waals surface area (Å²) < 4.78 is 5.19. The molecule has 0 bridgehead atoms. The van der Waals surface area contributed by atoms with E-state index in [0.29, 0.717) is 12.3 Å². The van der Waals surface area contributed by atoms with Crippen molar-refractivity contribution in [3.8, 4) is 5.75 Å². The number of para-hydroxylation sites is 1. The topological polar surface area (TPSA) is 59.9 Å². The summed E-state index contributed by atoms with van der Waals surface area (Å²) in [5, 5.41) is 6.58. The second kappa shape index (κ2) is 9.25. The lowest BCUT2D eigenvalue weighted by Gasteiger charge is -2.05. The number of benzene rings is 2. The summed E-state index contributed by atoms with van der Waals surface area (Å²) in [6.07, 6.45) is 2.31. The molecule has 0 aliphatic heterocycles. The highest BCUT2D eigenvalue weighted by molar-refractivity contribution is 5.83. The first-order valence-electron chi connectivity index (χ1n) is 7.38. The largest absolute Gasteiger partial charge is 0.496 e. The molecular weight excluding hydrogens is 292 g/mol. The van der Waals surface area contributed by atoms with Crippen molar-refractivity contribution in [3.05, 3.63) is 65.7 Å². The van der Waals surface area contributed by atoms with Gasteiger partial charge in [-0.15, -0.1) is 0 Å². The van der Waals surface area contributed by atoms with E-state index in [0.717, 1.165) is 12.0 Å². The van der Waals surface area contributed by atoms with Gasteiger partial charge in [-0.1, -0.05) is 47.6 Å². The van der Waals surface area contributed by atoms with Gasteiger partial charge in [-0.25, -0.2) is 0 Å². The van der Waals surface area contributed by atoms with Crippen LogP contribution in [0.25, 0.3) is 0 Å². The standard InChI is InChI=1S/C18H20N2O3/c1-22-17-10-6-5-9-16(17)13-20-23-14-18(21)19-12-11-15-7-3-2-4-8-15/h2-10,13H,11-12,14H2,1H3,(H,19,21)/b20-13-. The van der Waals surface area contributed by atoms with E-state index in [4.69, 9.17) is 9.57 Å². The Morgan fingerprint density at radius 3 is 2.65 bits per heavy atom. The molecule has 1 amide bonds. The zero-order valence-electron chi connectivity index (χ0n) is 13.1. The fourth-order valence-corrected chi connectivity index (χ4v) is 2.00. The Bertz CT molecular complexity index is 642. The Balaban J connectivity index is 1.67. The zero-order chi connectivity index (χ0) is 16.3. The minimum atomic E-state index is -0.196. The Labute approximate surface area is 135 Å². The fourth-order valence-electron chi connectivity index (χ4n) is 2.00. The first-order chi connectivity index (χ1) is 11.3. The molecule has 23 heavy (non-hydrogen) atoms. The molecule has 2 aromatic rings. The molecule has 0 spiro atoms. The Kier molecular flexibility index (Phi) is 6.65. The lowest BCUT2D eigenvalue weighted by atomic mass is 10.1. The van der Waals surface area contributed by atoms with Crippen molar-refractivity contribution in [2.45, 2.75) is 6.42 Å². The number of nitrogens with one attached hydrogen (secondary N) is 1. The average molecular weight is 312 g/mol. The normalized spacial score (nSPS) is 10.5. The maximum atomic E-state index is 11.6. The van der Waals surface area contributed by atoms with E-state index < -0.39 is 0 Å². The van der Waals surface area contributed by atoms with Gasteiger partial charge in [0.05, 0.1) is 13.3 Å². The van der Waals surface area contributed by atoms with Gasteiger partial charge in [0, 0.05) is 12.1 Å². The SMILES string of the molecule is COc1ccccc1/C=N\OCC(=O)NCCc1ccccc1. The van der Waals surface area contributed by atoms with Crippen LogP contribution in [-0.2, 0) is 16.1 Å². The summed E-state index contributed by atoms with van der Waals surface area (Å²) >= 11 is 0. The van der Waals surface area contributed by atoms with Crippen LogP contribution in [0.5, 0.6) is 5.75 Å². The van der Waals surface area contributed by atoms with Crippen molar-refractivity contribution in [2.75, 3.05) is 20.3 Å². The average Bonchev–Trinajstić information content (AvgIpc) is 2.60. The van der Waals surface area contributed by atoms with Crippen LogP contribution < -0.4 is 10.1 Å². The Morgan fingerprint density at radius 1 is 1.13 bits per heavy atom. The molecule has 5 heteroatoms. The van der Waals surface area contributed by atoms with Crippen LogP contribution in [-0.4, -0.2) is 32.4 Å². The number of rotatable bonds is 8. The molecule has 0 atom stereocenters. The highest BCUT2D eigenvalue weighted by Crippen LogP contribution is 2.14. The summed E-state index contributed by atoms with van der Waals surface area (Å²) in [7, 11) is 1.59. The summed E-state index contributed by atoms with van der Waals surface area (Å²) in [6, 6.07) is 17.4. The summed E-state index contributed by atoms with van der Waals surface area (Å²) in [4.78, 5) is 16.6. The number of carbonyl (C=O) groups excluding carboxylic acids is 1. The summed E-state index contributed by atoms with van der Waals surface area (Å²) in [5.74, 6) is 0.505. The van der Waals surface area contributed by atoms with Gasteiger partial charge in [0.2, 0.25) is 0 Å². The number of hydrogen-bond acceptors (Lipinski definition) is 4. The van der Waals surface area contributed by atoms with Gasteiger partial charge in [-0.3, -0.25) is 4.79 Å². The Hall–Kier alpha value is -2.82. The van der Waals surface area contributed by atoms with Gasteiger partial charge in [-0.05, 0) is 24.1 Å². The van der Waals surface area contributed by atoms with Crippen molar-refractivity contribution in [1.29, 1.82) is 0 Å². The van der Waals surface area contributed by atoms with E-state index in [2.05, 4.69) is 10.5 Å². The molecular formula is C18H20N2O3. The van der Waals surface area contributed by atoms with E-state index >= 15 is 0 Å². The zero-order valence-corrected chi connectivity index (χ0v) is 13.1. The molecule has 0 saturated heterocycles. The molecule has 0 heterocycles. The second-order valence-corrected chi connectivity index (χ2v) is 4.84. The molecule has 0 aliphatic rings. The molecule has 1 N–H and O–H groups in total. The molecule has 120 valence electrons. The highest BCUT2D eigenvalue weighted by atomic mass is 16.6. The number of methoxy groups -OCH3 is 1. The van der Waals surface area contributed by atoms with Gasteiger partial charge in [0.15, 0.2) is 6.61 Å². The van der Waals surface area contributed by atoms with Crippen molar-refractivity contribution in [3.63, 3.8) is 0 Å². The lowest BCUT2D eigenvalue weighted by molar-refractivity contribution is -0.125. The maximum Gasteiger partial charge on any atom is 0.260 e. The third kappa shape index (κ3) is 5.82. The molecule has 0 aliphatic carbocycles. The van der Waals surface area contributed by atoms with Gasteiger partial charge in [0.25, 0.3) is 5.91 Å². The van der Waals surface area contributed by atoms with Crippen LogP contribution in [0.15, 0.2) is 59.8 Å². The third-order valence-corrected chi connectivity index (χ3v) is 3.18. The van der Waals surface area contributed by atoms with Crippen molar-refractivity contribution in [1.82, 2.24) is 5.32 Å². The van der Waals surface area contributed by atoms with E-state index in [1.165, 1.54) is 11.8 Å². The molecule has 0 fully saturated rings. The quantitative estimate of drug-likeness (QED) is 0.601. The monoisotopic (exact) mass is 312 g/mol. The molecule has 0 radical (unpaired) electrons. The van der Waals surface area contributed by atoms with Crippen molar-refractivity contribution >= 4 is 12.1 Å². The van der Waals surface area contributed by atoms with Gasteiger partial charge in [-0.2, -0.15) is 0 Å². The predicted molar refractivity (Wildman–Crippen MR) is 89.7 cm³/mol. The Morgan fingerprint density at radius 2 is 1.87 bits per heavy atom. The predicted octanol–water partition coefficient (Wildman–Crippen LogP) is 2.40. The molecule has 2 aromatic carbocycles. The van der Waals surface area contributed by atoms with Crippen LogP contribution in [0.3, 0.4) is 0 Å². The van der Waals surface area contributed by atoms with E-state index in [1.807, 2.05) is 54.6 Å². The van der Waals surface area contributed by atoms with Gasteiger partial charge in [0.1, 0.15) is 5.75 Å². The van der Waals surface area contributed by atoms with Crippen LogP contribution in [0.2, 0.25) is 0 Å². The van der Waals surface area contributed by atoms with Gasteiger partial charge < -0.3 is 14.9 Å². The minimum absolute atomic E-state index is 0.111. The lowest BCUT2D eigenvalue weighted by Crippen LogP contribution is -2.28. The highest BCUT2D eigenvalue weighted by Gasteiger charge is 2.01. The first kappa shape index (κ1) is 16.5. The van der Waals surface area contributed by atoms with Crippen molar-refractivity contribution < 1.29 is 14.4 Å². The minimum Gasteiger partial charge on any atom is -0.496 e. The van der Waals surface area contributed by atoms with Crippen LogP contribution >= 0.6 is 0 Å². The molecule has 0 aromatic heterocycles. The maximum absolute atomic E-state index is 11.6. The van der Waals surface area contributed by atoms with Crippen LogP contribution in [0, 0.1) is 0 Å². The van der Waals surface area contributed by atoms with Gasteiger partial charge >= 0.3 is 0 Å². The third-order valence-electron chi connectivity index (χ3n) is 3.18. The number of oxime groups is 1. The molecule has 0 saturated carbocycles. The van der Waals surface area contributed by atoms with Crippen LogP contribution in [0.1, 0.15) is 11.1 Å². The molecule has 5 nitrogen and oxygen atoms in total. The van der Waals surface area contributed by atoms with E-state index in [-0.39, 0.29) is 12.5 Å². The van der Waals surface area contributed by atoms with Crippen molar-refractivity contribution in [2.24, 2.45) is 5.16 Å². The van der Waals surface area contributed by atoms with E-state index in [9.17, 15) is 4.79 Å². The summed E-state index contributed by atoms with van der Waals surface area (Å²) in [5.41, 5.74) is 1.97. The second-order valence-electron chi connectivity index (χ2n) is 4.84. The number of carbonyl (C=O) groups is 1.